The summed E-state index contributed by atoms with van der Waals surface area (Å²) in [7, 11) is -3.26. The third-order valence-electron chi connectivity index (χ3n) is 4.25. The second-order valence-corrected chi connectivity index (χ2v) is 9.06. The van der Waals surface area contributed by atoms with Crippen molar-refractivity contribution in [2.24, 2.45) is 0 Å². The first kappa shape index (κ1) is 16.3. The van der Waals surface area contributed by atoms with Crippen molar-refractivity contribution in [3.05, 3.63) is 24.3 Å². The van der Waals surface area contributed by atoms with Crippen LogP contribution in [-0.2, 0) is 14.8 Å². The second-order valence-electron chi connectivity index (χ2n) is 7.22. The standard InChI is InChI=1S/C16H22N2O4S/c1-15(2)11-18(12-6-4-5-7-13(12)22-15)14(19)10-16(3)8-9-23(20,21)17-16/h4-7,17H,8-11H2,1-3H3. The van der Waals surface area contributed by atoms with Crippen molar-refractivity contribution in [1.82, 2.24) is 4.72 Å². The van der Waals surface area contributed by atoms with E-state index in [1.54, 1.807) is 11.8 Å². The van der Waals surface area contributed by atoms with Gasteiger partial charge in [0.2, 0.25) is 15.9 Å². The fourth-order valence-electron chi connectivity index (χ4n) is 3.18. The smallest absolute Gasteiger partial charge is 0.229 e. The number of ether oxygens (including phenoxy) is 1. The van der Waals surface area contributed by atoms with Gasteiger partial charge in [0.05, 0.1) is 18.0 Å². The summed E-state index contributed by atoms with van der Waals surface area (Å²) in [6.07, 6.45) is 0.576. The largest absolute Gasteiger partial charge is 0.484 e. The fourth-order valence-corrected chi connectivity index (χ4v) is 4.92. The summed E-state index contributed by atoms with van der Waals surface area (Å²) in [5, 5.41) is 0. The maximum atomic E-state index is 12.9. The molecule has 1 atom stereocenters. The molecule has 1 saturated heterocycles. The van der Waals surface area contributed by atoms with Gasteiger partial charge in [0, 0.05) is 12.0 Å². The van der Waals surface area contributed by atoms with Crippen LogP contribution >= 0.6 is 0 Å². The molecule has 0 aromatic heterocycles. The summed E-state index contributed by atoms with van der Waals surface area (Å²) in [5.74, 6) is 0.650. The summed E-state index contributed by atoms with van der Waals surface area (Å²) < 4.78 is 31.8. The van der Waals surface area contributed by atoms with E-state index >= 15 is 0 Å². The van der Waals surface area contributed by atoms with Crippen molar-refractivity contribution in [1.29, 1.82) is 0 Å². The van der Waals surface area contributed by atoms with Crippen molar-refractivity contribution in [3.63, 3.8) is 0 Å². The third kappa shape index (κ3) is 3.35. The summed E-state index contributed by atoms with van der Waals surface area (Å²) in [6.45, 7) is 6.09. The van der Waals surface area contributed by atoms with Crippen LogP contribution in [-0.4, -0.2) is 37.8 Å². The molecule has 3 rings (SSSR count). The lowest BCUT2D eigenvalue weighted by molar-refractivity contribution is -0.120. The number of carbonyl (C=O) groups is 1. The van der Waals surface area contributed by atoms with Gasteiger partial charge in [-0.3, -0.25) is 4.79 Å². The Balaban J connectivity index is 1.85. The Morgan fingerprint density at radius 1 is 1.30 bits per heavy atom. The van der Waals surface area contributed by atoms with Gasteiger partial charge in [-0.15, -0.1) is 0 Å². The highest BCUT2D eigenvalue weighted by Crippen LogP contribution is 2.37. The van der Waals surface area contributed by atoms with Crippen LogP contribution in [0.25, 0.3) is 0 Å². The Morgan fingerprint density at radius 3 is 2.65 bits per heavy atom. The van der Waals surface area contributed by atoms with Gasteiger partial charge in [-0.25, -0.2) is 13.1 Å². The maximum absolute atomic E-state index is 12.9. The van der Waals surface area contributed by atoms with Gasteiger partial charge in [0.25, 0.3) is 0 Å². The van der Waals surface area contributed by atoms with E-state index in [0.717, 1.165) is 5.69 Å². The van der Waals surface area contributed by atoms with Crippen LogP contribution in [0.1, 0.15) is 33.6 Å². The highest BCUT2D eigenvalue weighted by Gasteiger charge is 2.42. The topological polar surface area (TPSA) is 75.7 Å². The zero-order valence-electron chi connectivity index (χ0n) is 13.6. The average molecular weight is 338 g/mol. The van der Waals surface area contributed by atoms with Crippen molar-refractivity contribution in [2.45, 2.75) is 44.8 Å². The molecule has 0 aliphatic carbocycles. The Bertz CT molecular complexity index is 744. The number of anilines is 1. The number of nitrogens with one attached hydrogen (secondary N) is 1. The molecule has 2 aliphatic rings. The minimum absolute atomic E-state index is 0.0714. The molecule has 1 fully saturated rings. The predicted molar refractivity (Wildman–Crippen MR) is 88.1 cm³/mol. The molecule has 0 saturated carbocycles. The van der Waals surface area contributed by atoms with Gasteiger partial charge >= 0.3 is 0 Å². The SMILES string of the molecule is CC1(CC(=O)N2CC(C)(C)Oc3ccccc32)CCS(=O)(=O)N1. The number of benzene rings is 1. The van der Waals surface area contributed by atoms with E-state index in [4.69, 9.17) is 4.74 Å². The minimum Gasteiger partial charge on any atom is -0.484 e. The molecule has 2 aliphatic heterocycles. The molecule has 0 radical (unpaired) electrons. The first-order chi connectivity index (χ1) is 10.6. The number of carbonyl (C=O) groups excluding carboxylic acids is 1. The molecule has 7 heteroatoms. The number of hydrogen-bond acceptors (Lipinski definition) is 4. The molecule has 0 spiro atoms. The number of nitrogens with zero attached hydrogens (tertiary/aromatic N) is 1. The van der Waals surface area contributed by atoms with E-state index in [9.17, 15) is 13.2 Å². The van der Waals surface area contributed by atoms with E-state index in [1.165, 1.54) is 0 Å². The quantitative estimate of drug-likeness (QED) is 0.890. The van der Waals surface area contributed by atoms with Crippen LogP contribution < -0.4 is 14.4 Å². The zero-order chi connectivity index (χ0) is 16.9. The molecule has 1 unspecified atom stereocenters. The van der Waals surface area contributed by atoms with Gasteiger partial charge < -0.3 is 9.64 Å². The molecule has 2 heterocycles. The van der Waals surface area contributed by atoms with Crippen molar-refractivity contribution in [2.75, 3.05) is 17.2 Å². The van der Waals surface area contributed by atoms with Crippen molar-refractivity contribution >= 4 is 21.6 Å². The monoisotopic (exact) mass is 338 g/mol. The number of amides is 1. The van der Waals surface area contributed by atoms with Crippen LogP contribution in [0.2, 0.25) is 0 Å². The first-order valence-corrected chi connectivity index (χ1v) is 9.35. The molecule has 1 N–H and O–H groups in total. The average Bonchev–Trinajstić information content (AvgIpc) is 2.70. The highest BCUT2D eigenvalue weighted by atomic mass is 32.2. The Morgan fingerprint density at radius 2 is 2.00 bits per heavy atom. The summed E-state index contributed by atoms with van der Waals surface area (Å²) in [6, 6.07) is 7.43. The summed E-state index contributed by atoms with van der Waals surface area (Å²) in [4.78, 5) is 14.6. The molecule has 23 heavy (non-hydrogen) atoms. The summed E-state index contributed by atoms with van der Waals surface area (Å²) >= 11 is 0. The Labute approximate surface area is 136 Å². The number of fused-ring (bicyclic) bond motifs is 1. The molecular formula is C16H22N2O4S. The van der Waals surface area contributed by atoms with Crippen LogP contribution in [0.15, 0.2) is 24.3 Å². The molecular weight excluding hydrogens is 316 g/mol. The van der Waals surface area contributed by atoms with Crippen molar-refractivity contribution in [3.8, 4) is 5.75 Å². The number of hydrogen-bond donors (Lipinski definition) is 1. The number of sulfonamides is 1. The van der Waals surface area contributed by atoms with E-state index in [1.807, 2.05) is 38.1 Å². The Kier molecular flexibility index (Phi) is 3.68. The summed E-state index contributed by atoms with van der Waals surface area (Å²) in [5.41, 5.74) is -0.464. The highest BCUT2D eigenvalue weighted by molar-refractivity contribution is 7.89. The molecule has 1 aromatic rings. The third-order valence-corrected chi connectivity index (χ3v) is 5.79. The van der Waals surface area contributed by atoms with Gasteiger partial charge in [-0.05, 0) is 39.3 Å². The normalized spacial score (nSPS) is 28.0. The first-order valence-electron chi connectivity index (χ1n) is 7.69. The molecule has 1 amide bonds. The van der Waals surface area contributed by atoms with Crippen LogP contribution in [0.5, 0.6) is 5.75 Å². The van der Waals surface area contributed by atoms with E-state index < -0.39 is 21.2 Å². The zero-order valence-corrected chi connectivity index (χ0v) is 14.4. The van der Waals surface area contributed by atoms with E-state index in [2.05, 4.69) is 4.72 Å². The van der Waals surface area contributed by atoms with Gasteiger partial charge in [0.1, 0.15) is 11.4 Å². The van der Waals surface area contributed by atoms with Gasteiger partial charge in [-0.1, -0.05) is 12.1 Å². The van der Waals surface area contributed by atoms with Gasteiger partial charge in [0.15, 0.2) is 0 Å². The van der Waals surface area contributed by atoms with Crippen molar-refractivity contribution < 1.29 is 17.9 Å². The van der Waals surface area contributed by atoms with Crippen LogP contribution in [0, 0.1) is 0 Å². The molecule has 0 bridgehead atoms. The Hall–Kier alpha value is -1.60. The van der Waals surface area contributed by atoms with E-state index in [0.29, 0.717) is 18.7 Å². The van der Waals surface area contributed by atoms with Gasteiger partial charge in [-0.2, -0.15) is 0 Å². The maximum Gasteiger partial charge on any atom is 0.229 e. The van der Waals surface area contributed by atoms with Crippen LogP contribution in [0.4, 0.5) is 5.69 Å². The molecule has 6 nitrogen and oxygen atoms in total. The number of rotatable bonds is 2. The molecule has 1 aromatic carbocycles. The molecule has 126 valence electrons. The second kappa shape index (κ2) is 5.21. The number of para-hydroxylation sites is 2. The predicted octanol–water partition coefficient (Wildman–Crippen LogP) is 1.66. The van der Waals surface area contributed by atoms with Crippen LogP contribution in [0.3, 0.4) is 0 Å². The van der Waals surface area contributed by atoms with E-state index in [-0.39, 0.29) is 18.1 Å². The minimum atomic E-state index is -3.26. The lowest BCUT2D eigenvalue weighted by Crippen LogP contribution is -2.52. The lowest BCUT2D eigenvalue weighted by Gasteiger charge is -2.40. The lowest BCUT2D eigenvalue weighted by atomic mass is 9.94. The fraction of sp³-hybridized carbons (Fsp3) is 0.562.